The Morgan fingerprint density at radius 1 is 1.48 bits per heavy atom. The fourth-order valence-corrected chi connectivity index (χ4v) is 1.72. The number of hydrogen-bond acceptors (Lipinski definition) is 4. The van der Waals surface area contributed by atoms with Crippen molar-refractivity contribution in [1.82, 2.24) is 15.2 Å². The van der Waals surface area contributed by atoms with Crippen LogP contribution in [0.3, 0.4) is 0 Å². The lowest BCUT2D eigenvalue weighted by atomic mass is 10.1. The first kappa shape index (κ1) is 16.8. The molecule has 0 aliphatic rings. The number of carboxylic acid groups (broad SMARTS) is 1. The summed E-state index contributed by atoms with van der Waals surface area (Å²) in [5.74, 6) is -1.36. The summed E-state index contributed by atoms with van der Waals surface area (Å²) in [5, 5.41) is 11.5. The summed E-state index contributed by atoms with van der Waals surface area (Å²) in [5.41, 5.74) is 0.712. The third-order valence-electron chi connectivity index (χ3n) is 2.85. The number of carbonyl (C=O) groups excluding carboxylic acids is 1. The first-order chi connectivity index (χ1) is 9.90. The number of nitrogens with one attached hydrogen (secondary N) is 1. The maximum absolute atomic E-state index is 12.2. The quantitative estimate of drug-likeness (QED) is 0.739. The van der Waals surface area contributed by atoms with Gasteiger partial charge in [-0.05, 0) is 46.1 Å². The highest BCUT2D eigenvalue weighted by Gasteiger charge is 2.14. The normalized spacial score (nSPS) is 12.6. The van der Waals surface area contributed by atoms with Crippen molar-refractivity contribution in [2.75, 3.05) is 20.6 Å². The van der Waals surface area contributed by atoms with E-state index in [0.717, 1.165) is 19.0 Å². The van der Waals surface area contributed by atoms with Crippen LogP contribution in [0.4, 0.5) is 0 Å². The molecular weight excluding hydrogens is 270 g/mol. The van der Waals surface area contributed by atoms with Crippen molar-refractivity contribution < 1.29 is 14.7 Å². The number of nitrogens with zero attached hydrogens (tertiary/aromatic N) is 2. The minimum atomic E-state index is -1.07. The number of amides is 1. The van der Waals surface area contributed by atoms with E-state index in [0.29, 0.717) is 5.56 Å². The highest BCUT2D eigenvalue weighted by molar-refractivity contribution is 5.97. The fourth-order valence-electron chi connectivity index (χ4n) is 1.72. The largest absolute Gasteiger partial charge is 0.478 e. The van der Waals surface area contributed by atoms with Crippen LogP contribution < -0.4 is 5.32 Å². The zero-order valence-electron chi connectivity index (χ0n) is 12.5. The van der Waals surface area contributed by atoms with E-state index in [1.165, 1.54) is 12.3 Å². The Bertz CT molecular complexity index is 527. The van der Waals surface area contributed by atoms with Crippen molar-refractivity contribution in [3.8, 4) is 0 Å². The second kappa shape index (κ2) is 8.16. The lowest BCUT2D eigenvalue weighted by molar-refractivity contribution is -0.131. The van der Waals surface area contributed by atoms with Gasteiger partial charge in [0.1, 0.15) is 5.69 Å². The van der Waals surface area contributed by atoms with E-state index in [4.69, 9.17) is 5.11 Å². The van der Waals surface area contributed by atoms with Crippen LogP contribution in [0.15, 0.2) is 24.4 Å². The van der Waals surface area contributed by atoms with E-state index >= 15 is 0 Å². The molecule has 0 saturated heterocycles. The molecule has 1 rings (SSSR count). The summed E-state index contributed by atoms with van der Waals surface area (Å²) in [6.07, 6.45) is 4.70. The van der Waals surface area contributed by atoms with Gasteiger partial charge in [0, 0.05) is 23.9 Å². The number of aromatic nitrogens is 1. The van der Waals surface area contributed by atoms with Crippen molar-refractivity contribution in [3.63, 3.8) is 0 Å². The van der Waals surface area contributed by atoms with Gasteiger partial charge in [0.15, 0.2) is 0 Å². The number of rotatable bonds is 7. The van der Waals surface area contributed by atoms with Gasteiger partial charge in [0.05, 0.1) is 0 Å². The van der Waals surface area contributed by atoms with Crippen LogP contribution in [-0.4, -0.2) is 53.5 Å². The molecule has 0 aromatic carbocycles. The molecule has 0 radical (unpaired) electrons. The third kappa shape index (κ3) is 6.18. The molecular formula is C15H21N3O3. The van der Waals surface area contributed by atoms with Crippen molar-refractivity contribution in [1.29, 1.82) is 0 Å². The van der Waals surface area contributed by atoms with Crippen LogP contribution in [0, 0.1) is 0 Å². The second-order valence-electron chi connectivity index (χ2n) is 5.08. The SMILES string of the molecule is CC(CCN(C)C)NC(=O)c1ncccc1/C=C/C(=O)O. The fraction of sp³-hybridized carbons (Fsp3) is 0.400. The van der Waals surface area contributed by atoms with E-state index in [1.807, 2.05) is 25.9 Å². The number of carboxylic acids is 1. The molecule has 0 aliphatic carbocycles. The van der Waals surface area contributed by atoms with E-state index in [2.05, 4.69) is 10.3 Å². The summed E-state index contributed by atoms with van der Waals surface area (Å²) in [7, 11) is 3.95. The minimum Gasteiger partial charge on any atom is -0.478 e. The smallest absolute Gasteiger partial charge is 0.328 e. The molecule has 6 heteroatoms. The first-order valence-corrected chi connectivity index (χ1v) is 6.71. The van der Waals surface area contributed by atoms with E-state index in [1.54, 1.807) is 12.1 Å². The van der Waals surface area contributed by atoms with Gasteiger partial charge in [-0.1, -0.05) is 6.07 Å². The summed E-state index contributed by atoms with van der Waals surface area (Å²) >= 11 is 0. The lowest BCUT2D eigenvalue weighted by Crippen LogP contribution is -2.35. The van der Waals surface area contributed by atoms with E-state index in [9.17, 15) is 9.59 Å². The second-order valence-corrected chi connectivity index (χ2v) is 5.08. The molecule has 6 nitrogen and oxygen atoms in total. The number of pyridine rings is 1. The highest BCUT2D eigenvalue weighted by atomic mass is 16.4. The molecule has 0 spiro atoms. The molecule has 1 unspecified atom stereocenters. The minimum absolute atomic E-state index is 0.0122. The molecule has 1 aromatic heterocycles. The van der Waals surface area contributed by atoms with Crippen LogP contribution in [0.5, 0.6) is 0 Å². The standard InChI is InChI=1S/C15H21N3O3/c1-11(8-10-18(2)3)17-15(21)14-12(5-4-9-16-14)6-7-13(19)20/h4-7,9,11H,8,10H2,1-3H3,(H,17,21)(H,19,20)/b7-6+. The summed E-state index contributed by atoms with van der Waals surface area (Å²) in [6.45, 7) is 2.80. The predicted octanol–water partition coefficient (Wildman–Crippen LogP) is 1.25. The van der Waals surface area contributed by atoms with Crippen molar-refractivity contribution in [3.05, 3.63) is 35.7 Å². The molecule has 0 fully saturated rings. The Labute approximate surface area is 124 Å². The Balaban J connectivity index is 2.76. The van der Waals surface area contributed by atoms with Crippen LogP contribution in [0.2, 0.25) is 0 Å². The molecule has 1 amide bonds. The molecule has 2 N–H and O–H groups in total. The van der Waals surface area contributed by atoms with Crippen molar-refractivity contribution in [2.24, 2.45) is 0 Å². The molecule has 1 aromatic rings. The van der Waals surface area contributed by atoms with Crippen LogP contribution >= 0.6 is 0 Å². The summed E-state index contributed by atoms with van der Waals surface area (Å²) in [4.78, 5) is 28.8. The molecule has 0 bridgehead atoms. The van der Waals surface area contributed by atoms with Crippen LogP contribution in [0.25, 0.3) is 6.08 Å². The first-order valence-electron chi connectivity index (χ1n) is 6.71. The Morgan fingerprint density at radius 2 is 2.19 bits per heavy atom. The van der Waals surface area contributed by atoms with Gasteiger partial charge in [-0.25, -0.2) is 4.79 Å². The summed E-state index contributed by atoms with van der Waals surface area (Å²) < 4.78 is 0. The van der Waals surface area contributed by atoms with E-state index in [-0.39, 0.29) is 17.6 Å². The number of carbonyl (C=O) groups is 2. The van der Waals surface area contributed by atoms with Crippen molar-refractivity contribution >= 4 is 18.0 Å². The maximum Gasteiger partial charge on any atom is 0.328 e. The maximum atomic E-state index is 12.2. The molecule has 1 heterocycles. The van der Waals surface area contributed by atoms with Gasteiger partial charge in [0.2, 0.25) is 0 Å². The number of hydrogen-bond donors (Lipinski definition) is 2. The van der Waals surface area contributed by atoms with Gasteiger partial charge in [0.25, 0.3) is 5.91 Å². The molecule has 114 valence electrons. The molecule has 1 atom stereocenters. The van der Waals surface area contributed by atoms with Gasteiger partial charge in [-0.15, -0.1) is 0 Å². The average Bonchev–Trinajstić information content (AvgIpc) is 2.43. The lowest BCUT2D eigenvalue weighted by Gasteiger charge is -2.17. The average molecular weight is 291 g/mol. The highest BCUT2D eigenvalue weighted by Crippen LogP contribution is 2.08. The van der Waals surface area contributed by atoms with E-state index < -0.39 is 5.97 Å². The van der Waals surface area contributed by atoms with Gasteiger partial charge in [-0.3, -0.25) is 9.78 Å². The number of aliphatic carboxylic acids is 1. The zero-order valence-corrected chi connectivity index (χ0v) is 12.5. The van der Waals surface area contributed by atoms with Gasteiger partial charge < -0.3 is 15.3 Å². The van der Waals surface area contributed by atoms with Crippen LogP contribution in [0.1, 0.15) is 29.4 Å². The Kier molecular flexibility index (Phi) is 6.55. The monoisotopic (exact) mass is 291 g/mol. The van der Waals surface area contributed by atoms with Crippen molar-refractivity contribution in [2.45, 2.75) is 19.4 Å². The predicted molar refractivity (Wildman–Crippen MR) is 81.0 cm³/mol. The van der Waals surface area contributed by atoms with Crippen LogP contribution in [-0.2, 0) is 4.79 Å². The molecule has 21 heavy (non-hydrogen) atoms. The third-order valence-corrected chi connectivity index (χ3v) is 2.85. The topological polar surface area (TPSA) is 82.5 Å². The Hall–Kier alpha value is -2.21. The Morgan fingerprint density at radius 3 is 2.81 bits per heavy atom. The molecule has 0 aliphatic heterocycles. The zero-order chi connectivity index (χ0) is 15.8. The summed E-state index contributed by atoms with van der Waals surface area (Å²) in [6, 6.07) is 3.33. The molecule has 0 saturated carbocycles. The van der Waals surface area contributed by atoms with Gasteiger partial charge in [-0.2, -0.15) is 0 Å². The van der Waals surface area contributed by atoms with Gasteiger partial charge >= 0.3 is 5.97 Å².